The lowest BCUT2D eigenvalue weighted by Crippen LogP contribution is -2.10. The highest BCUT2D eigenvalue weighted by molar-refractivity contribution is 5.86. The minimum absolute atomic E-state index is 0.264. The Kier molecular flexibility index (Phi) is 15.0. The molecule has 0 aliphatic rings. The maximum absolute atomic E-state index is 11.1. The molecule has 0 saturated heterocycles. The molecule has 154 valence electrons. The van der Waals surface area contributed by atoms with Crippen LogP contribution in [0.4, 0.5) is 0 Å². The average Bonchev–Trinajstić information content (AvgIpc) is 2.68. The van der Waals surface area contributed by atoms with E-state index in [0.717, 1.165) is 18.1 Å². The number of aliphatic carboxylic acids is 1. The van der Waals surface area contributed by atoms with Gasteiger partial charge in [-0.25, -0.2) is 9.59 Å². The Morgan fingerprint density at radius 2 is 1.82 bits per heavy atom. The lowest BCUT2D eigenvalue weighted by atomic mass is 9.96. The third-order valence-electron chi connectivity index (χ3n) is 4.09. The van der Waals surface area contributed by atoms with Crippen molar-refractivity contribution in [3.63, 3.8) is 0 Å². The Hall–Kier alpha value is -2.62. The number of allylic oxidation sites excluding steroid dienone is 2. The summed E-state index contributed by atoms with van der Waals surface area (Å²) in [5.41, 5.74) is 1.54. The quantitative estimate of drug-likeness (QED) is 0.285. The van der Waals surface area contributed by atoms with Crippen LogP contribution in [0.15, 0.2) is 60.7 Å². The number of unbranched alkanes of at least 4 members (excludes halogenated alkanes) is 1. The monoisotopic (exact) mass is 386 g/mol. The van der Waals surface area contributed by atoms with Crippen LogP contribution in [0.1, 0.15) is 58.4 Å². The van der Waals surface area contributed by atoms with Gasteiger partial charge >= 0.3 is 11.9 Å². The first-order valence-corrected chi connectivity index (χ1v) is 9.86. The highest BCUT2D eigenvalue weighted by atomic mass is 16.5. The molecule has 4 heteroatoms. The fraction of sp³-hybridized carbons (Fsp3) is 0.417. The summed E-state index contributed by atoms with van der Waals surface area (Å²) in [7, 11) is 0. The van der Waals surface area contributed by atoms with E-state index < -0.39 is 5.97 Å². The van der Waals surface area contributed by atoms with Gasteiger partial charge in [0.15, 0.2) is 0 Å². The summed E-state index contributed by atoms with van der Waals surface area (Å²) in [5, 5.41) is 8.29. The average molecular weight is 387 g/mol. The smallest absolute Gasteiger partial charge is 0.333 e. The van der Waals surface area contributed by atoms with Crippen molar-refractivity contribution < 1.29 is 19.4 Å². The van der Waals surface area contributed by atoms with Crippen LogP contribution in [0, 0.1) is 5.92 Å². The fourth-order valence-electron chi connectivity index (χ4n) is 2.36. The van der Waals surface area contributed by atoms with E-state index in [0.29, 0.717) is 18.1 Å². The molecular formula is C24H34O4. The molecule has 4 nitrogen and oxygen atoms in total. The Balaban J connectivity index is 0.000000525. The van der Waals surface area contributed by atoms with E-state index in [1.165, 1.54) is 31.8 Å². The predicted molar refractivity (Wildman–Crippen MR) is 116 cm³/mol. The minimum atomic E-state index is -0.933. The number of hydrogen-bond acceptors (Lipinski definition) is 3. The van der Waals surface area contributed by atoms with Gasteiger partial charge < -0.3 is 9.84 Å². The van der Waals surface area contributed by atoms with Crippen molar-refractivity contribution in [1.29, 1.82) is 0 Å². The van der Waals surface area contributed by atoms with Crippen molar-refractivity contribution in [2.24, 2.45) is 5.92 Å². The van der Waals surface area contributed by atoms with Gasteiger partial charge in [0.05, 0.1) is 6.61 Å². The number of hydrogen-bond donors (Lipinski definition) is 1. The van der Waals surface area contributed by atoms with Crippen LogP contribution >= 0.6 is 0 Å². The second kappa shape index (κ2) is 16.5. The lowest BCUT2D eigenvalue weighted by Gasteiger charge is -2.14. The topological polar surface area (TPSA) is 63.6 Å². The summed E-state index contributed by atoms with van der Waals surface area (Å²) in [4.78, 5) is 21.2. The van der Waals surface area contributed by atoms with Gasteiger partial charge in [-0.05, 0) is 24.8 Å². The molecule has 0 bridgehead atoms. The molecule has 0 heterocycles. The molecule has 0 aliphatic carbocycles. The molecule has 0 aromatic heterocycles. The SMILES string of the molecule is C=C(C)C(=O)OCCC(CC)CCCC.O=C(O)C=CC=Cc1ccccc1. The fourth-order valence-corrected chi connectivity index (χ4v) is 2.36. The second-order valence-corrected chi connectivity index (χ2v) is 6.59. The molecule has 1 atom stereocenters. The van der Waals surface area contributed by atoms with Crippen LogP contribution in [0.5, 0.6) is 0 Å². The lowest BCUT2D eigenvalue weighted by molar-refractivity contribution is -0.139. The van der Waals surface area contributed by atoms with Gasteiger partial charge in [-0.15, -0.1) is 0 Å². The van der Waals surface area contributed by atoms with Gasteiger partial charge in [0.25, 0.3) is 0 Å². The zero-order valence-corrected chi connectivity index (χ0v) is 17.4. The third kappa shape index (κ3) is 14.5. The van der Waals surface area contributed by atoms with E-state index in [4.69, 9.17) is 9.84 Å². The van der Waals surface area contributed by atoms with Gasteiger partial charge in [-0.3, -0.25) is 0 Å². The second-order valence-electron chi connectivity index (χ2n) is 6.59. The maximum Gasteiger partial charge on any atom is 0.333 e. The van der Waals surface area contributed by atoms with E-state index in [1.54, 1.807) is 13.0 Å². The number of carboxylic acids is 1. The molecule has 0 amide bonds. The van der Waals surface area contributed by atoms with Gasteiger partial charge in [-0.1, -0.05) is 94.7 Å². The van der Waals surface area contributed by atoms with Crippen LogP contribution in [0.25, 0.3) is 6.08 Å². The summed E-state index contributed by atoms with van der Waals surface area (Å²) >= 11 is 0. The van der Waals surface area contributed by atoms with Gasteiger partial charge in [0.1, 0.15) is 0 Å². The van der Waals surface area contributed by atoms with E-state index in [-0.39, 0.29) is 5.97 Å². The van der Waals surface area contributed by atoms with Crippen LogP contribution < -0.4 is 0 Å². The third-order valence-corrected chi connectivity index (χ3v) is 4.09. The number of carbonyl (C=O) groups excluding carboxylic acids is 1. The minimum Gasteiger partial charge on any atom is -0.478 e. The van der Waals surface area contributed by atoms with Crippen LogP contribution in [-0.2, 0) is 14.3 Å². The number of ether oxygens (including phenoxy) is 1. The number of carbonyl (C=O) groups is 2. The molecular weight excluding hydrogens is 352 g/mol. The number of carboxylic acid groups (broad SMARTS) is 1. The summed E-state index contributed by atoms with van der Waals surface area (Å²) in [5.74, 6) is -0.499. The van der Waals surface area contributed by atoms with Gasteiger partial charge in [-0.2, -0.15) is 0 Å². The number of rotatable bonds is 11. The Morgan fingerprint density at radius 3 is 2.36 bits per heavy atom. The van der Waals surface area contributed by atoms with Crippen molar-refractivity contribution in [3.8, 4) is 0 Å². The standard InChI is InChI=1S/C13H24O2.C11H10O2/c1-5-7-8-12(6-2)9-10-15-13(14)11(3)4;12-11(13)9-5-4-8-10-6-2-1-3-7-10/h12H,3,5-10H2,1-2,4H3;1-9H,(H,12,13). The maximum atomic E-state index is 11.1. The zero-order valence-electron chi connectivity index (χ0n) is 17.4. The van der Waals surface area contributed by atoms with Crippen molar-refractivity contribution >= 4 is 18.0 Å². The zero-order chi connectivity index (χ0) is 21.2. The molecule has 0 radical (unpaired) electrons. The molecule has 1 N–H and O–H groups in total. The normalized spacial score (nSPS) is 11.7. The highest BCUT2D eigenvalue weighted by Crippen LogP contribution is 2.16. The van der Waals surface area contributed by atoms with E-state index in [2.05, 4.69) is 20.4 Å². The molecule has 0 aliphatic heterocycles. The van der Waals surface area contributed by atoms with E-state index in [1.807, 2.05) is 36.4 Å². The summed E-state index contributed by atoms with van der Waals surface area (Å²) in [6.45, 7) is 10.2. The predicted octanol–water partition coefficient (Wildman–Crippen LogP) is 6.05. The van der Waals surface area contributed by atoms with E-state index in [9.17, 15) is 9.59 Å². The molecule has 1 unspecified atom stereocenters. The van der Waals surface area contributed by atoms with Crippen LogP contribution in [0.2, 0.25) is 0 Å². The van der Waals surface area contributed by atoms with Crippen LogP contribution in [0.3, 0.4) is 0 Å². The van der Waals surface area contributed by atoms with Gasteiger partial charge in [0.2, 0.25) is 0 Å². The van der Waals surface area contributed by atoms with Crippen molar-refractivity contribution in [1.82, 2.24) is 0 Å². The van der Waals surface area contributed by atoms with E-state index >= 15 is 0 Å². The largest absolute Gasteiger partial charge is 0.478 e. The molecule has 1 rings (SSSR count). The Labute approximate surface area is 169 Å². The number of esters is 1. The molecule has 0 spiro atoms. The number of benzene rings is 1. The van der Waals surface area contributed by atoms with Crippen molar-refractivity contribution in [3.05, 3.63) is 66.3 Å². The van der Waals surface area contributed by atoms with Crippen LogP contribution in [-0.4, -0.2) is 23.7 Å². The first-order chi connectivity index (χ1) is 13.4. The molecule has 1 aromatic carbocycles. The molecule has 1 aromatic rings. The summed E-state index contributed by atoms with van der Waals surface area (Å²) in [6.07, 6.45) is 12.0. The first kappa shape index (κ1) is 25.4. The Bertz CT molecular complexity index is 629. The summed E-state index contributed by atoms with van der Waals surface area (Å²) in [6, 6.07) is 9.70. The highest BCUT2D eigenvalue weighted by Gasteiger charge is 2.08. The Morgan fingerprint density at radius 1 is 1.14 bits per heavy atom. The van der Waals surface area contributed by atoms with Crippen molar-refractivity contribution in [2.45, 2.75) is 52.9 Å². The molecule has 0 saturated carbocycles. The molecule has 28 heavy (non-hydrogen) atoms. The first-order valence-electron chi connectivity index (χ1n) is 9.86. The van der Waals surface area contributed by atoms with Gasteiger partial charge in [0, 0.05) is 11.6 Å². The summed E-state index contributed by atoms with van der Waals surface area (Å²) < 4.78 is 5.08. The van der Waals surface area contributed by atoms with Crippen molar-refractivity contribution in [2.75, 3.05) is 6.61 Å². The molecule has 0 fully saturated rings.